The van der Waals surface area contributed by atoms with Crippen LogP contribution in [0.1, 0.15) is 30.4 Å². The summed E-state index contributed by atoms with van der Waals surface area (Å²) in [7, 11) is 0. The summed E-state index contributed by atoms with van der Waals surface area (Å²) < 4.78 is 14.1. The summed E-state index contributed by atoms with van der Waals surface area (Å²) in [5.74, 6) is 0.785. The third-order valence-electron chi connectivity index (χ3n) is 5.16. The smallest absolute Gasteiger partial charge is 0.123 e. The fourth-order valence-electron chi connectivity index (χ4n) is 3.85. The molecule has 0 saturated carbocycles. The van der Waals surface area contributed by atoms with Crippen molar-refractivity contribution < 1.29 is 4.39 Å². The second-order valence-electron chi connectivity index (χ2n) is 6.92. The number of hydrogen-bond acceptors (Lipinski definition) is 1. The van der Waals surface area contributed by atoms with E-state index in [1.807, 2.05) is 0 Å². The van der Waals surface area contributed by atoms with Crippen molar-refractivity contribution in [3.05, 3.63) is 76.0 Å². The molecule has 4 heteroatoms. The Morgan fingerprint density at radius 3 is 2.65 bits per heavy atom. The maximum atomic E-state index is 13.0. The predicted molar refractivity (Wildman–Crippen MR) is 110 cm³/mol. The second-order valence-corrected chi connectivity index (χ2v) is 7.77. The van der Waals surface area contributed by atoms with E-state index in [0.29, 0.717) is 18.2 Å². The molecule has 3 aromatic rings. The van der Waals surface area contributed by atoms with Crippen LogP contribution in [-0.4, -0.2) is 12.4 Å². The van der Waals surface area contributed by atoms with Gasteiger partial charge in [0.1, 0.15) is 11.7 Å². The van der Waals surface area contributed by atoms with Crippen LogP contribution in [0.25, 0.3) is 10.8 Å². The van der Waals surface area contributed by atoms with E-state index in [9.17, 15) is 4.39 Å². The van der Waals surface area contributed by atoms with E-state index in [1.165, 1.54) is 28.5 Å². The lowest BCUT2D eigenvalue weighted by Gasteiger charge is -2.21. The molecule has 132 valence electrons. The first-order chi connectivity index (χ1) is 12.5. The zero-order valence-electron chi connectivity index (χ0n) is 14.6. The topological polar surface area (TPSA) is 27.1 Å². The largest absolute Gasteiger partial charge is 0.329 e. The monoisotopic (exact) mass is 410 g/mol. The summed E-state index contributed by atoms with van der Waals surface area (Å²) in [6, 6.07) is 17.1. The van der Waals surface area contributed by atoms with Gasteiger partial charge in [-0.05, 0) is 52.6 Å². The molecule has 4 rings (SSSR count). The van der Waals surface area contributed by atoms with Crippen molar-refractivity contribution >= 4 is 38.2 Å². The highest BCUT2D eigenvalue weighted by Gasteiger charge is 2.29. The minimum atomic E-state index is -0.218. The van der Waals surface area contributed by atoms with Crippen molar-refractivity contribution in [1.82, 2.24) is 0 Å². The molecular formula is C22H20BrFN2. The van der Waals surface area contributed by atoms with Crippen molar-refractivity contribution in [3.63, 3.8) is 0 Å². The van der Waals surface area contributed by atoms with Gasteiger partial charge in [-0.2, -0.15) is 0 Å². The zero-order valence-corrected chi connectivity index (χ0v) is 16.2. The van der Waals surface area contributed by atoms with E-state index in [4.69, 9.17) is 5.41 Å². The van der Waals surface area contributed by atoms with Gasteiger partial charge in [0.25, 0.3) is 0 Å². The van der Waals surface area contributed by atoms with E-state index < -0.39 is 0 Å². The zero-order chi connectivity index (χ0) is 18.3. The first kappa shape index (κ1) is 17.2. The normalized spacial score (nSPS) is 16.1. The van der Waals surface area contributed by atoms with Gasteiger partial charge >= 0.3 is 0 Å². The average Bonchev–Trinajstić information content (AvgIpc) is 2.99. The fraction of sp³-hybridized carbons (Fsp3) is 0.227. The molecule has 0 radical (unpaired) electrons. The van der Waals surface area contributed by atoms with Crippen molar-refractivity contribution in [3.8, 4) is 0 Å². The van der Waals surface area contributed by atoms with Crippen LogP contribution < -0.4 is 4.90 Å². The Morgan fingerprint density at radius 1 is 1.12 bits per heavy atom. The fourth-order valence-corrected chi connectivity index (χ4v) is 4.35. The number of fused-ring (bicyclic) bond motifs is 3. The maximum Gasteiger partial charge on any atom is 0.123 e. The molecule has 1 aliphatic rings. The van der Waals surface area contributed by atoms with E-state index in [-0.39, 0.29) is 5.82 Å². The van der Waals surface area contributed by atoms with Crippen molar-refractivity contribution in [1.29, 1.82) is 5.41 Å². The summed E-state index contributed by atoms with van der Waals surface area (Å²) in [5, 5.41) is 11.1. The Hall–Kier alpha value is -2.20. The Morgan fingerprint density at radius 2 is 1.88 bits per heavy atom. The van der Waals surface area contributed by atoms with E-state index in [1.54, 1.807) is 12.1 Å². The molecule has 26 heavy (non-hydrogen) atoms. The van der Waals surface area contributed by atoms with Gasteiger partial charge in [0, 0.05) is 29.0 Å². The molecule has 1 heterocycles. The minimum Gasteiger partial charge on any atom is -0.329 e. The lowest BCUT2D eigenvalue weighted by atomic mass is 9.96. The molecule has 1 aliphatic heterocycles. The lowest BCUT2D eigenvalue weighted by Crippen LogP contribution is -2.29. The van der Waals surface area contributed by atoms with Crippen LogP contribution in [0.15, 0.2) is 59.1 Å². The number of rotatable bonds is 3. The van der Waals surface area contributed by atoms with Crippen LogP contribution >= 0.6 is 15.9 Å². The van der Waals surface area contributed by atoms with Crippen LogP contribution in [0.2, 0.25) is 0 Å². The van der Waals surface area contributed by atoms with Crippen LogP contribution in [0.4, 0.5) is 10.1 Å². The first-order valence-corrected chi connectivity index (χ1v) is 9.64. The van der Waals surface area contributed by atoms with E-state index in [2.05, 4.69) is 58.1 Å². The summed E-state index contributed by atoms with van der Waals surface area (Å²) in [5.41, 5.74) is 3.54. The molecule has 2 nitrogen and oxygen atoms in total. The van der Waals surface area contributed by atoms with Gasteiger partial charge in [0.2, 0.25) is 0 Å². The van der Waals surface area contributed by atoms with Gasteiger partial charge in [0.05, 0.1) is 0 Å². The second kappa shape index (κ2) is 6.84. The molecule has 0 bridgehead atoms. The Balaban J connectivity index is 1.60. The number of anilines is 1. The molecule has 0 aliphatic carbocycles. The summed E-state index contributed by atoms with van der Waals surface area (Å²) in [6.45, 7) is 3.07. The molecule has 1 unspecified atom stereocenters. The number of halogens is 2. The van der Waals surface area contributed by atoms with Crippen molar-refractivity contribution in [2.75, 3.05) is 11.4 Å². The minimum absolute atomic E-state index is 0.218. The van der Waals surface area contributed by atoms with Crippen LogP contribution in [0, 0.1) is 11.2 Å². The maximum absolute atomic E-state index is 13.0. The number of amidine groups is 1. The molecule has 0 spiro atoms. The number of nitrogens with zero attached hydrogens (tertiary/aromatic N) is 1. The molecule has 3 aromatic carbocycles. The highest BCUT2D eigenvalue weighted by atomic mass is 79.9. The molecular weight excluding hydrogens is 391 g/mol. The van der Waals surface area contributed by atoms with Gasteiger partial charge in [-0.15, -0.1) is 0 Å². The van der Waals surface area contributed by atoms with Gasteiger partial charge in [-0.3, -0.25) is 5.41 Å². The average molecular weight is 411 g/mol. The Bertz CT molecular complexity index is 981. The van der Waals surface area contributed by atoms with Crippen LogP contribution in [-0.2, 0) is 6.42 Å². The molecule has 1 atom stereocenters. The number of hydrogen-bond donors (Lipinski definition) is 1. The van der Waals surface area contributed by atoms with Gasteiger partial charge in [-0.25, -0.2) is 4.39 Å². The Labute approximate surface area is 161 Å². The highest BCUT2D eigenvalue weighted by molar-refractivity contribution is 9.10. The van der Waals surface area contributed by atoms with E-state index >= 15 is 0 Å². The van der Waals surface area contributed by atoms with Crippen molar-refractivity contribution in [2.45, 2.75) is 25.7 Å². The van der Waals surface area contributed by atoms with E-state index in [0.717, 1.165) is 28.7 Å². The third kappa shape index (κ3) is 3.03. The standard InChI is InChI=1S/C22H20BrFN2/c1-14-13-26(21(25)12-7-15-5-8-16(24)9-6-15)20-11-10-17-18(22(14)20)3-2-4-19(17)23/h2-6,8-11,14,25H,7,12-13H2,1H3. The predicted octanol–water partition coefficient (Wildman–Crippen LogP) is 6.27. The van der Waals surface area contributed by atoms with Crippen molar-refractivity contribution in [2.24, 2.45) is 0 Å². The van der Waals surface area contributed by atoms with Gasteiger partial charge in [-0.1, -0.05) is 53.2 Å². The molecule has 0 amide bonds. The first-order valence-electron chi connectivity index (χ1n) is 8.85. The lowest BCUT2D eigenvalue weighted by molar-refractivity contribution is 0.627. The third-order valence-corrected chi connectivity index (χ3v) is 5.85. The SMILES string of the molecule is CC1CN(C(=N)CCc2ccc(F)cc2)c2ccc3c(Br)cccc3c21. The molecule has 1 N–H and O–H groups in total. The summed E-state index contributed by atoms with van der Waals surface area (Å²) in [4.78, 5) is 2.13. The molecule has 0 saturated heterocycles. The molecule has 0 aromatic heterocycles. The highest BCUT2D eigenvalue weighted by Crippen LogP contribution is 2.42. The Kier molecular flexibility index (Phi) is 4.53. The van der Waals surface area contributed by atoms with Gasteiger partial charge < -0.3 is 4.90 Å². The number of nitrogens with one attached hydrogen (secondary N) is 1. The quantitative estimate of drug-likeness (QED) is 0.399. The number of benzene rings is 3. The van der Waals surface area contributed by atoms with Crippen LogP contribution in [0.3, 0.4) is 0 Å². The molecule has 0 fully saturated rings. The summed E-state index contributed by atoms with van der Waals surface area (Å²) >= 11 is 3.64. The number of aryl methyl sites for hydroxylation is 1. The summed E-state index contributed by atoms with van der Waals surface area (Å²) in [6.07, 6.45) is 1.40. The van der Waals surface area contributed by atoms with Crippen LogP contribution in [0.5, 0.6) is 0 Å². The van der Waals surface area contributed by atoms with Gasteiger partial charge in [0.15, 0.2) is 0 Å².